The van der Waals surface area contributed by atoms with Gasteiger partial charge >= 0.3 is 0 Å². The molecule has 2 heterocycles. The van der Waals surface area contributed by atoms with E-state index in [1.807, 2.05) is 12.3 Å². The number of hydrogen-bond acceptors (Lipinski definition) is 5. The Balaban J connectivity index is 1.43. The molecule has 1 aromatic heterocycles. The molecule has 0 spiro atoms. The molecule has 6 nitrogen and oxygen atoms in total. The molecule has 0 N–H and O–H groups in total. The average Bonchev–Trinajstić information content (AvgIpc) is 3.29. The maximum atomic E-state index is 12.6. The van der Waals surface area contributed by atoms with Crippen LogP contribution in [0.3, 0.4) is 0 Å². The van der Waals surface area contributed by atoms with E-state index in [4.69, 9.17) is 0 Å². The molecule has 126 valence electrons. The molecule has 0 radical (unpaired) electrons. The number of hydrogen-bond donors (Lipinski definition) is 0. The van der Waals surface area contributed by atoms with Crippen LogP contribution in [0.4, 0.5) is 0 Å². The average molecular weight is 345 g/mol. The Morgan fingerprint density at radius 2 is 1.92 bits per heavy atom. The van der Waals surface area contributed by atoms with Gasteiger partial charge in [0.05, 0.1) is 18.4 Å². The van der Waals surface area contributed by atoms with Crippen molar-refractivity contribution >= 4 is 29.1 Å². The number of aryl methyl sites for hydroxylation is 1. The third-order valence-corrected chi connectivity index (χ3v) is 6.27. The zero-order chi connectivity index (χ0) is 17.0. The standard InChI is InChI=1S/C17H19N3O3S/c1-9-8-24-12(18-9)6-19(2)13(21)7-20-16(22)14-10-3-4-11(5-10)15(14)17(20)23/h3-4,8,10-11,14-15H,5-7H2,1-2H3/t10-,11-,14+,15+/m0/s1. The molecule has 24 heavy (non-hydrogen) atoms. The van der Waals surface area contributed by atoms with Crippen LogP contribution in [0.2, 0.25) is 0 Å². The quantitative estimate of drug-likeness (QED) is 0.608. The lowest BCUT2D eigenvalue weighted by Gasteiger charge is -2.21. The Labute approximate surface area is 144 Å². The summed E-state index contributed by atoms with van der Waals surface area (Å²) in [6.07, 6.45) is 5.01. The lowest BCUT2D eigenvalue weighted by molar-refractivity contribution is -0.146. The van der Waals surface area contributed by atoms with Gasteiger partial charge in [-0.1, -0.05) is 12.2 Å². The van der Waals surface area contributed by atoms with Crippen molar-refractivity contribution in [2.45, 2.75) is 19.9 Å². The van der Waals surface area contributed by atoms with Crippen molar-refractivity contribution < 1.29 is 14.4 Å². The SMILES string of the molecule is Cc1csc(CN(C)C(=O)CN2C(=O)[C@H]3[C@H](C2=O)[C@H]2C=C[C@H]3C2)n1. The lowest BCUT2D eigenvalue weighted by Crippen LogP contribution is -2.42. The minimum Gasteiger partial charge on any atom is -0.337 e. The Hall–Kier alpha value is -2.02. The number of thiazole rings is 1. The molecule has 3 aliphatic rings. The fourth-order valence-electron chi connectivity index (χ4n) is 4.14. The van der Waals surface area contributed by atoms with E-state index in [2.05, 4.69) is 17.1 Å². The summed E-state index contributed by atoms with van der Waals surface area (Å²) >= 11 is 1.50. The number of allylic oxidation sites excluding steroid dienone is 2. The summed E-state index contributed by atoms with van der Waals surface area (Å²) in [4.78, 5) is 44.7. The van der Waals surface area contributed by atoms with E-state index in [1.54, 1.807) is 7.05 Å². The normalized spacial score (nSPS) is 30.3. The number of fused-ring (bicyclic) bond motifs is 5. The van der Waals surface area contributed by atoms with Crippen molar-refractivity contribution in [3.63, 3.8) is 0 Å². The number of amides is 3. The molecule has 2 aliphatic carbocycles. The topological polar surface area (TPSA) is 70.6 Å². The highest BCUT2D eigenvalue weighted by molar-refractivity contribution is 7.09. The summed E-state index contributed by atoms with van der Waals surface area (Å²) in [5, 5.41) is 2.78. The first kappa shape index (κ1) is 15.5. The molecule has 2 fully saturated rings. The summed E-state index contributed by atoms with van der Waals surface area (Å²) in [7, 11) is 1.68. The zero-order valence-electron chi connectivity index (χ0n) is 13.6. The number of aromatic nitrogens is 1. The van der Waals surface area contributed by atoms with Crippen LogP contribution in [-0.4, -0.2) is 46.1 Å². The van der Waals surface area contributed by atoms with E-state index in [-0.39, 0.29) is 47.9 Å². The van der Waals surface area contributed by atoms with Crippen LogP contribution >= 0.6 is 11.3 Å². The first-order chi connectivity index (χ1) is 11.5. The highest BCUT2D eigenvalue weighted by Gasteiger charge is 2.59. The van der Waals surface area contributed by atoms with Crippen LogP contribution in [-0.2, 0) is 20.9 Å². The second-order valence-electron chi connectivity index (χ2n) is 6.89. The van der Waals surface area contributed by atoms with Crippen LogP contribution < -0.4 is 0 Å². The van der Waals surface area contributed by atoms with E-state index in [0.29, 0.717) is 6.54 Å². The second kappa shape index (κ2) is 5.51. The molecular formula is C17H19N3O3S. The molecule has 7 heteroatoms. The van der Waals surface area contributed by atoms with Gasteiger partial charge in [0.25, 0.3) is 0 Å². The van der Waals surface area contributed by atoms with Gasteiger partial charge in [0.1, 0.15) is 11.6 Å². The smallest absolute Gasteiger partial charge is 0.242 e. The first-order valence-electron chi connectivity index (χ1n) is 8.14. The number of imide groups is 1. The fraction of sp³-hybridized carbons (Fsp3) is 0.529. The second-order valence-corrected chi connectivity index (χ2v) is 7.84. The van der Waals surface area contributed by atoms with Gasteiger partial charge < -0.3 is 4.90 Å². The van der Waals surface area contributed by atoms with Gasteiger partial charge in [-0.2, -0.15) is 0 Å². The molecule has 1 aromatic rings. The minimum absolute atomic E-state index is 0.162. The van der Waals surface area contributed by atoms with E-state index >= 15 is 0 Å². The van der Waals surface area contributed by atoms with Gasteiger partial charge in [-0.05, 0) is 25.2 Å². The van der Waals surface area contributed by atoms with Crippen molar-refractivity contribution in [3.8, 4) is 0 Å². The molecule has 4 atom stereocenters. The zero-order valence-corrected chi connectivity index (χ0v) is 14.5. The van der Waals surface area contributed by atoms with Crippen molar-refractivity contribution in [2.75, 3.05) is 13.6 Å². The van der Waals surface area contributed by atoms with E-state index in [1.165, 1.54) is 21.1 Å². The number of carbonyl (C=O) groups is 3. The van der Waals surface area contributed by atoms with Crippen molar-refractivity contribution in [1.29, 1.82) is 0 Å². The van der Waals surface area contributed by atoms with Crippen molar-refractivity contribution in [2.24, 2.45) is 23.7 Å². The molecule has 1 saturated carbocycles. The number of likely N-dealkylation sites (tertiary alicyclic amines) is 1. The number of likely N-dealkylation sites (N-methyl/N-ethyl adjacent to an activating group) is 1. The Bertz CT molecular complexity index is 726. The molecular weight excluding hydrogens is 326 g/mol. The summed E-state index contributed by atoms with van der Waals surface area (Å²) in [6, 6.07) is 0. The van der Waals surface area contributed by atoms with Crippen molar-refractivity contribution in [3.05, 3.63) is 28.2 Å². The summed E-state index contributed by atoms with van der Waals surface area (Å²) < 4.78 is 0. The maximum Gasteiger partial charge on any atom is 0.242 e. The van der Waals surface area contributed by atoms with Gasteiger partial charge in [-0.25, -0.2) is 4.98 Å². The Kier molecular flexibility index (Phi) is 3.56. The molecule has 3 amide bonds. The highest BCUT2D eigenvalue weighted by Crippen LogP contribution is 2.52. The summed E-state index contributed by atoms with van der Waals surface area (Å²) in [5.41, 5.74) is 0.927. The van der Waals surface area contributed by atoms with Crippen LogP contribution in [0.5, 0.6) is 0 Å². The van der Waals surface area contributed by atoms with E-state index in [0.717, 1.165) is 17.1 Å². The third-order valence-electron chi connectivity index (χ3n) is 5.32. The monoisotopic (exact) mass is 345 g/mol. The van der Waals surface area contributed by atoms with Crippen LogP contribution in [0, 0.1) is 30.6 Å². The van der Waals surface area contributed by atoms with Crippen LogP contribution in [0.25, 0.3) is 0 Å². The summed E-state index contributed by atoms with van der Waals surface area (Å²) in [6.45, 7) is 2.14. The Morgan fingerprint density at radius 1 is 1.29 bits per heavy atom. The fourth-order valence-corrected chi connectivity index (χ4v) is 4.97. The number of rotatable bonds is 4. The minimum atomic E-state index is -0.243. The molecule has 2 bridgehead atoms. The van der Waals surface area contributed by atoms with Gasteiger partial charge in [0.2, 0.25) is 17.7 Å². The van der Waals surface area contributed by atoms with Crippen LogP contribution in [0.15, 0.2) is 17.5 Å². The number of nitrogens with zero attached hydrogens (tertiary/aromatic N) is 3. The molecule has 0 aromatic carbocycles. The molecule has 1 aliphatic heterocycles. The lowest BCUT2D eigenvalue weighted by atomic mass is 9.85. The third kappa shape index (κ3) is 2.30. The molecule has 1 saturated heterocycles. The van der Waals surface area contributed by atoms with E-state index in [9.17, 15) is 14.4 Å². The molecule has 0 unspecified atom stereocenters. The van der Waals surface area contributed by atoms with Gasteiger partial charge in [-0.15, -0.1) is 11.3 Å². The summed E-state index contributed by atoms with van der Waals surface area (Å²) in [5.74, 6) is -0.716. The Morgan fingerprint density at radius 3 is 2.46 bits per heavy atom. The highest BCUT2D eigenvalue weighted by atomic mass is 32.1. The molecule has 4 rings (SSSR count). The van der Waals surface area contributed by atoms with Gasteiger partial charge in [0, 0.05) is 18.1 Å². The van der Waals surface area contributed by atoms with E-state index < -0.39 is 0 Å². The van der Waals surface area contributed by atoms with Gasteiger partial charge in [0.15, 0.2) is 0 Å². The van der Waals surface area contributed by atoms with Crippen LogP contribution in [0.1, 0.15) is 17.1 Å². The van der Waals surface area contributed by atoms with Crippen molar-refractivity contribution in [1.82, 2.24) is 14.8 Å². The first-order valence-corrected chi connectivity index (χ1v) is 9.02. The predicted molar refractivity (Wildman–Crippen MR) is 87.8 cm³/mol. The number of carbonyl (C=O) groups excluding carboxylic acids is 3. The van der Waals surface area contributed by atoms with Gasteiger partial charge in [-0.3, -0.25) is 19.3 Å². The predicted octanol–water partition coefficient (Wildman–Crippen LogP) is 1.22. The largest absolute Gasteiger partial charge is 0.337 e. The maximum absolute atomic E-state index is 12.6.